The van der Waals surface area contributed by atoms with Crippen LogP contribution in [-0.4, -0.2) is 41.0 Å². The molecule has 3 heterocycles. The summed E-state index contributed by atoms with van der Waals surface area (Å²) in [5, 5.41) is 9.44. The van der Waals surface area contributed by atoms with Gasteiger partial charge in [0, 0.05) is 10.4 Å². The third kappa shape index (κ3) is 4.15. The number of amides is 1. The number of nitrogens with one attached hydrogen (secondary N) is 1. The summed E-state index contributed by atoms with van der Waals surface area (Å²) < 4.78 is 12.3. The fourth-order valence-corrected chi connectivity index (χ4v) is 4.44. The number of nitrogens with zero attached hydrogens (tertiary/aromatic N) is 4. The van der Waals surface area contributed by atoms with E-state index in [0.717, 1.165) is 4.88 Å². The van der Waals surface area contributed by atoms with Gasteiger partial charge in [-0.2, -0.15) is 9.78 Å². The van der Waals surface area contributed by atoms with Crippen molar-refractivity contribution in [3.8, 4) is 11.5 Å². The first-order valence-electron chi connectivity index (χ1n) is 10.7. The van der Waals surface area contributed by atoms with Crippen molar-refractivity contribution in [1.29, 1.82) is 0 Å². The maximum Gasteiger partial charge on any atom is 0.257 e. The number of fused-ring (bicyclic) bond motifs is 2. The van der Waals surface area contributed by atoms with Gasteiger partial charge in [-0.15, -0.1) is 11.3 Å². The molecule has 5 aromatic rings. The maximum absolute atomic E-state index is 13.2. The quantitative estimate of drug-likeness (QED) is 0.335. The molecule has 0 unspecified atom stereocenters. The number of anilines is 1. The van der Waals surface area contributed by atoms with Crippen LogP contribution in [0, 0.1) is 0 Å². The number of nitrogen functional groups attached to an aromatic ring is 1. The number of methoxy groups -OCH3 is 2. The van der Waals surface area contributed by atoms with E-state index in [4.69, 9.17) is 25.2 Å². The van der Waals surface area contributed by atoms with E-state index in [1.807, 2.05) is 53.9 Å². The second kappa shape index (κ2) is 9.43. The van der Waals surface area contributed by atoms with Crippen LogP contribution >= 0.6 is 11.3 Å². The Morgan fingerprint density at radius 3 is 2.60 bits per heavy atom. The fourth-order valence-electron chi connectivity index (χ4n) is 3.79. The number of hydrogen-bond donors (Lipinski definition) is 2. The first kappa shape index (κ1) is 22.4. The first-order valence-corrected chi connectivity index (χ1v) is 11.6. The van der Waals surface area contributed by atoms with Gasteiger partial charge in [0.25, 0.3) is 5.91 Å². The minimum absolute atomic E-state index is 0.136. The Labute approximate surface area is 204 Å². The molecule has 1 amide bonds. The zero-order valence-corrected chi connectivity index (χ0v) is 19.9. The Bertz CT molecular complexity index is 1560. The van der Waals surface area contributed by atoms with E-state index in [9.17, 15) is 4.79 Å². The van der Waals surface area contributed by atoms with Crippen molar-refractivity contribution >= 4 is 51.5 Å². The molecule has 35 heavy (non-hydrogen) atoms. The Morgan fingerprint density at radius 2 is 1.89 bits per heavy atom. The molecule has 2 aromatic carbocycles. The van der Waals surface area contributed by atoms with Crippen LogP contribution in [0.2, 0.25) is 0 Å². The topological polar surface area (TPSA) is 117 Å². The summed E-state index contributed by atoms with van der Waals surface area (Å²) in [6.07, 6.45) is 1.58. The molecule has 5 rings (SSSR count). The second-order valence-corrected chi connectivity index (χ2v) is 8.58. The number of para-hydroxylation sites is 3. The molecule has 0 aliphatic carbocycles. The molecule has 0 fully saturated rings. The number of aromatic nitrogens is 3. The largest absolute Gasteiger partial charge is 0.493 e. The molecule has 0 saturated heterocycles. The molecule has 0 atom stereocenters. The lowest BCUT2D eigenvalue weighted by Crippen LogP contribution is -2.23. The summed E-state index contributed by atoms with van der Waals surface area (Å²) in [6, 6.07) is 16.8. The van der Waals surface area contributed by atoms with Crippen LogP contribution in [-0.2, 0) is 6.54 Å². The summed E-state index contributed by atoms with van der Waals surface area (Å²) in [6.45, 7) is 0.383. The van der Waals surface area contributed by atoms with Crippen LogP contribution < -0.4 is 20.5 Å². The molecular weight excluding hydrogens is 464 g/mol. The van der Waals surface area contributed by atoms with Crippen molar-refractivity contribution in [2.75, 3.05) is 20.0 Å². The molecule has 3 N–H and O–H groups in total. The highest BCUT2D eigenvalue weighted by Gasteiger charge is 2.24. The van der Waals surface area contributed by atoms with Crippen LogP contribution in [0.4, 0.5) is 5.82 Å². The summed E-state index contributed by atoms with van der Waals surface area (Å²) in [5.41, 5.74) is 9.44. The van der Waals surface area contributed by atoms with Crippen LogP contribution in [0.5, 0.6) is 11.5 Å². The predicted octanol–water partition coefficient (Wildman–Crippen LogP) is 4.06. The average molecular weight is 487 g/mol. The van der Waals surface area contributed by atoms with Gasteiger partial charge in [-0.05, 0) is 35.7 Å². The molecule has 0 radical (unpaired) electrons. The molecule has 3 aromatic heterocycles. The summed E-state index contributed by atoms with van der Waals surface area (Å²) in [7, 11) is 3.13. The minimum atomic E-state index is -0.349. The van der Waals surface area contributed by atoms with E-state index in [0.29, 0.717) is 45.8 Å². The Hall–Kier alpha value is -4.44. The van der Waals surface area contributed by atoms with Gasteiger partial charge in [0.15, 0.2) is 17.1 Å². The smallest absolute Gasteiger partial charge is 0.257 e. The molecule has 0 aliphatic heterocycles. The van der Waals surface area contributed by atoms with E-state index in [-0.39, 0.29) is 17.3 Å². The fraction of sp³-hybridized carbons (Fsp3) is 0.120. The maximum atomic E-state index is 13.2. The molecule has 0 bridgehead atoms. The molecule has 0 aliphatic rings. The van der Waals surface area contributed by atoms with Gasteiger partial charge >= 0.3 is 0 Å². The Kier molecular flexibility index (Phi) is 6.02. The third-order valence-electron chi connectivity index (χ3n) is 5.45. The normalized spacial score (nSPS) is 11.4. The molecular formula is C25H22N6O3S. The van der Waals surface area contributed by atoms with Crippen LogP contribution in [0.15, 0.2) is 65.1 Å². The van der Waals surface area contributed by atoms with Gasteiger partial charge in [0.1, 0.15) is 16.9 Å². The molecule has 176 valence electrons. The van der Waals surface area contributed by atoms with Crippen molar-refractivity contribution in [3.63, 3.8) is 0 Å². The van der Waals surface area contributed by atoms with Crippen LogP contribution in [0.3, 0.4) is 0 Å². The number of benzene rings is 2. The zero-order chi connectivity index (χ0) is 24.4. The van der Waals surface area contributed by atoms with E-state index in [1.165, 1.54) is 4.68 Å². The lowest BCUT2D eigenvalue weighted by molar-refractivity contribution is 0.0953. The molecule has 0 saturated carbocycles. The van der Waals surface area contributed by atoms with E-state index >= 15 is 0 Å². The standard InChI is InChI=1S/C25H22N6O3S/c1-33-19-11-5-7-15(22(19)34-2)13-28-31-23(26)20(25(32)27-14-16-8-6-12-35-16)21-24(31)30-18-10-4-3-9-17(18)29-21/h3-13H,14,26H2,1-2H3,(H,27,32)/b28-13+. The second-order valence-electron chi connectivity index (χ2n) is 7.55. The van der Waals surface area contributed by atoms with Gasteiger partial charge in [0.2, 0.25) is 0 Å². The van der Waals surface area contributed by atoms with Crippen molar-refractivity contribution in [1.82, 2.24) is 20.0 Å². The monoisotopic (exact) mass is 486 g/mol. The highest BCUT2D eigenvalue weighted by atomic mass is 32.1. The number of ether oxygens (including phenoxy) is 2. The highest BCUT2D eigenvalue weighted by Crippen LogP contribution is 2.31. The van der Waals surface area contributed by atoms with Crippen molar-refractivity contribution < 1.29 is 14.3 Å². The minimum Gasteiger partial charge on any atom is -0.493 e. The third-order valence-corrected chi connectivity index (χ3v) is 6.33. The predicted molar refractivity (Wildman–Crippen MR) is 137 cm³/mol. The zero-order valence-electron chi connectivity index (χ0n) is 19.1. The van der Waals surface area contributed by atoms with Crippen molar-refractivity contribution in [2.24, 2.45) is 5.10 Å². The van der Waals surface area contributed by atoms with E-state index < -0.39 is 0 Å². The van der Waals surface area contributed by atoms with Gasteiger partial charge in [0.05, 0.1) is 38.0 Å². The molecule has 0 spiro atoms. The number of thiophene rings is 1. The van der Waals surface area contributed by atoms with Crippen molar-refractivity contribution in [3.05, 3.63) is 76.0 Å². The van der Waals surface area contributed by atoms with Gasteiger partial charge in [-0.25, -0.2) is 9.97 Å². The first-order chi connectivity index (χ1) is 17.1. The van der Waals surface area contributed by atoms with Gasteiger partial charge < -0.3 is 20.5 Å². The number of carbonyl (C=O) groups excluding carboxylic acids is 1. The number of hydrogen-bond acceptors (Lipinski definition) is 8. The van der Waals surface area contributed by atoms with Gasteiger partial charge in [-0.1, -0.05) is 24.3 Å². The lowest BCUT2D eigenvalue weighted by atomic mass is 10.2. The summed E-state index contributed by atoms with van der Waals surface area (Å²) >= 11 is 1.56. The summed E-state index contributed by atoms with van der Waals surface area (Å²) in [5.74, 6) is 0.885. The molecule has 9 nitrogen and oxygen atoms in total. The lowest BCUT2D eigenvalue weighted by Gasteiger charge is -2.09. The molecule has 10 heteroatoms. The number of carbonyl (C=O) groups is 1. The number of nitrogens with two attached hydrogens (primary N) is 1. The van der Waals surface area contributed by atoms with E-state index in [2.05, 4.69) is 10.4 Å². The van der Waals surface area contributed by atoms with Gasteiger partial charge in [-0.3, -0.25) is 4.79 Å². The SMILES string of the molecule is COc1cccc(/C=N/n2c(N)c(C(=O)NCc3cccs3)c3nc4ccccc4nc32)c1OC. The summed E-state index contributed by atoms with van der Waals surface area (Å²) in [4.78, 5) is 23.7. The highest BCUT2D eigenvalue weighted by molar-refractivity contribution is 7.09. The van der Waals surface area contributed by atoms with E-state index in [1.54, 1.807) is 37.8 Å². The Balaban J connectivity index is 1.63. The van der Waals surface area contributed by atoms with Crippen molar-refractivity contribution in [2.45, 2.75) is 6.54 Å². The Morgan fingerprint density at radius 1 is 1.09 bits per heavy atom. The number of rotatable bonds is 7. The van der Waals surface area contributed by atoms with Crippen LogP contribution in [0.25, 0.3) is 22.2 Å². The average Bonchev–Trinajstić information content (AvgIpc) is 3.50. The van der Waals surface area contributed by atoms with Crippen LogP contribution in [0.1, 0.15) is 20.8 Å².